The Morgan fingerprint density at radius 2 is 2.00 bits per heavy atom. The molecular weight excluding hydrogens is 300 g/mol. The summed E-state index contributed by atoms with van der Waals surface area (Å²) in [4.78, 5) is 19.7. The van der Waals surface area contributed by atoms with Crippen LogP contribution >= 0.6 is 0 Å². The van der Waals surface area contributed by atoms with Gasteiger partial charge in [-0.1, -0.05) is 30.3 Å². The van der Waals surface area contributed by atoms with Gasteiger partial charge < -0.3 is 9.88 Å². The number of hydrogen-bond donors (Lipinski definition) is 1. The Balaban J connectivity index is 1.49. The second-order valence-electron chi connectivity index (χ2n) is 6.80. The summed E-state index contributed by atoms with van der Waals surface area (Å²) in [6.45, 7) is 2.83. The van der Waals surface area contributed by atoms with Gasteiger partial charge >= 0.3 is 0 Å². The van der Waals surface area contributed by atoms with Crippen LogP contribution in [0.4, 0.5) is 0 Å². The van der Waals surface area contributed by atoms with Crippen molar-refractivity contribution in [1.29, 1.82) is 0 Å². The van der Waals surface area contributed by atoms with E-state index in [4.69, 9.17) is 0 Å². The van der Waals surface area contributed by atoms with E-state index in [1.807, 2.05) is 30.6 Å². The Morgan fingerprint density at radius 1 is 1.21 bits per heavy atom. The fourth-order valence-corrected chi connectivity index (χ4v) is 3.93. The number of rotatable bonds is 4. The Kier molecular flexibility index (Phi) is 4.34. The molecule has 0 saturated carbocycles. The topological polar surface area (TPSA) is 50.2 Å². The molecule has 1 N–H and O–H groups in total. The van der Waals surface area contributed by atoms with Crippen LogP contribution in [0.5, 0.6) is 0 Å². The number of aryl methyl sites for hydroxylation is 1. The standard InChI is InChI=1S/C19H24N4O/c24-19(21-16-8-9-17-20-10-13-23(17)14-16)18(22-11-4-5-12-22)15-6-2-1-3-7-15/h1-3,6-7,10,13,16,18H,4-5,8-9,11-12,14H2,(H,21,24)/t16-,18+/m1/s1. The third-order valence-electron chi connectivity index (χ3n) is 5.15. The number of likely N-dealkylation sites (tertiary alicyclic amines) is 1. The molecular formula is C19H24N4O. The number of amides is 1. The van der Waals surface area contributed by atoms with E-state index < -0.39 is 0 Å². The van der Waals surface area contributed by atoms with Crippen LogP contribution in [0.3, 0.4) is 0 Å². The molecule has 0 unspecified atom stereocenters. The van der Waals surface area contributed by atoms with E-state index in [0.29, 0.717) is 0 Å². The fraction of sp³-hybridized carbons (Fsp3) is 0.474. The molecule has 4 rings (SSSR count). The highest BCUT2D eigenvalue weighted by atomic mass is 16.2. The van der Waals surface area contributed by atoms with E-state index in [1.54, 1.807) is 0 Å². The first-order valence-electron chi connectivity index (χ1n) is 8.90. The molecule has 1 saturated heterocycles. The van der Waals surface area contributed by atoms with Gasteiger partial charge in [-0.15, -0.1) is 0 Å². The highest BCUT2D eigenvalue weighted by Gasteiger charge is 2.31. The molecule has 0 spiro atoms. The van der Waals surface area contributed by atoms with Crippen LogP contribution in [0.2, 0.25) is 0 Å². The van der Waals surface area contributed by atoms with E-state index in [2.05, 4.69) is 31.9 Å². The summed E-state index contributed by atoms with van der Waals surface area (Å²) in [5.74, 6) is 1.26. The summed E-state index contributed by atoms with van der Waals surface area (Å²) in [5.41, 5.74) is 1.09. The molecule has 0 aliphatic carbocycles. The molecule has 5 nitrogen and oxygen atoms in total. The molecule has 1 aromatic heterocycles. The fourth-order valence-electron chi connectivity index (χ4n) is 3.93. The molecule has 2 aliphatic rings. The van der Waals surface area contributed by atoms with Gasteiger partial charge in [-0.2, -0.15) is 0 Å². The average molecular weight is 324 g/mol. The number of nitrogens with zero attached hydrogens (tertiary/aromatic N) is 3. The molecule has 2 atom stereocenters. The van der Waals surface area contributed by atoms with Gasteiger partial charge in [0.1, 0.15) is 11.9 Å². The van der Waals surface area contributed by atoms with Gasteiger partial charge in [-0.3, -0.25) is 9.69 Å². The second-order valence-corrected chi connectivity index (χ2v) is 6.80. The molecule has 24 heavy (non-hydrogen) atoms. The number of benzene rings is 1. The maximum atomic E-state index is 13.1. The number of aromatic nitrogens is 2. The summed E-state index contributed by atoms with van der Waals surface area (Å²) >= 11 is 0. The lowest BCUT2D eigenvalue weighted by Crippen LogP contribution is -2.46. The smallest absolute Gasteiger partial charge is 0.242 e. The second kappa shape index (κ2) is 6.77. The van der Waals surface area contributed by atoms with Crippen LogP contribution in [0.25, 0.3) is 0 Å². The van der Waals surface area contributed by atoms with Crippen molar-refractivity contribution in [3.8, 4) is 0 Å². The number of carbonyl (C=O) groups is 1. The van der Waals surface area contributed by atoms with Crippen molar-refractivity contribution in [2.45, 2.75) is 44.3 Å². The van der Waals surface area contributed by atoms with Gasteiger partial charge in [-0.25, -0.2) is 4.98 Å². The molecule has 126 valence electrons. The van der Waals surface area contributed by atoms with E-state index >= 15 is 0 Å². The SMILES string of the molecule is O=C(N[C@@H]1CCc2nccn2C1)[C@H](c1ccccc1)N1CCCC1. The minimum atomic E-state index is -0.169. The molecule has 2 aromatic rings. The maximum Gasteiger partial charge on any atom is 0.242 e. The molecule has 0 bridgehead atoms. The lowest BCUT2D eigenvalue weighted by Gasteiger charge is -2.31. The highest BCUT2D eigenvalue weighted by molar-refractivity contribution is 5.83. The molecule has 0 radical (unpaired) electrons. The zero-order chi connectivity index (χ0) is 16.4. The van der Waals surface area contributed by atoms with Crippen molar-refractivity contribution < 1.29 is 4.79 Å². The van der Waals surface area contributed by atoms with E-state index in [1.165, 1.54) is 12.8 Å². The quantitative estimate of drug-likeness (QED) is 0.937. The molecule has 2 aliphatic heterocycles. The summed E-state index contributed by atoms with van der Waals surface area (Å²) < 4.78 is 2.15. The Hall–Kier alpha value is -2.14. The predicted molar refractivity (Wildman–Crippen MR) is 92.5 cm³/mol. The first-order valence-corrected chi connectivity index (χ1v) is 8.90. The monoisotopic (exact) mass is 324 g/mol. The summed E-state index contributed by atoms with van der Waals surface area (Å²) in [6, 6.07) is 10.2. The van der Waals surface area contributed by atoms with Crippen molar-refractivity contribution in [3.05, 3.63) is 54.1 Å². The van der Waals surface area contributed by atoms with Crippen molar-refractivity contribution in [1.82, 2.24) is 19.8 Å². The third-order valence-corrected chi connectivity index (χ3v) is 5.15. The van der Waals surface area contributed by atoms with E-state index in [-0.39, 0.29) is 18.0 Å². The van der Waals surface area contributed by atoms with E-state index in [9.17, 15) is 4.79 Å². The lowest BCUT2D eigenvalue weighted by atomic mass is 10.0. The Morgan fingerprint density at radius 3 is 2.79 bits per heavy atom. The minimum Gasteiger partial charge on any atom is -0.350 e. The first kappa shape index (κ1) is 15.4. The van der Waals surface area contributed by atoms with Crippen LogP contribution in [-0.2, 0) is 17.8 Å². The Bertz CT molecular complexity index is 690. The average Bonchev–Trinajstić information content (AvgIpc) is 3.27. The maximum absolute atomic E-state index is 13.1. The first-order chi connectivity index (χ1) is 11.8. The zero-order valence-corrected chi connectivity index (χ0v) is 13.9. The van der Waals surface area contributed by atoms with Crippen molar-refractivity contribution in [3.63, 3.8) is 0 Å². The molecule has 3 heterocycles. The van der Waals surface area contributed by atoms with Crippen molar-refractivity contribution in [2.24, 2.45) is 0 Å². The number of carbonyl (C=O) groups excluding carboxylic acids is 1. The van der Waals surface area contributed by atoms with Crippen LogP contribution in [0, 0.1) is 0 Å². The minimum absolute atomic E-state index is 0.136. The molecule has 5 heteroatoms. The molecule has 1 fully saturated rings. The van der Waals surface area contributed by atoms with Crippen LogP contribution < -0.4 is 5.32 Å². The van der Waals surface area contributed by atoms with Gasteiger partial charge in [0.05, 0.1) is 0 Å². The van der Waals surface area contributed by atoms with Gasteiger partial charge in [0, 0.05) is 31.4 Å². The van der Waals surface area contributed by atoms with Gasteiger partial charge in [0.2, 0.25) is 5.91 Å². The highest BCUT2D eigenvalue weighted by Crippen LogP contribution is 2.26. The largest absolute Gasteiger partial charge is 0.350 e. The normalized spacial score (nSPS) is 22.1. The third kappa shape index (κ3) is 3.08. The van der Waals surface area contributed by atoms with Gasteiger partial charge in [0.25, 0.3) is 0 Å². The lowest BCUT2D eigenvalue weighted by molar-refractivity contribution is -0.127. The number of imidazole rings is 1. The van der Waals surface area contributed by atoms with Crippen molar-refractivity contribution in [2.75, 3.05) is 13.1 Å². The predicted octanol–water partition coefficient (Wildman–Crippen LogP) is 2.15. The molecule has 1 aromatic carbocycles. The van der Waals surface area contributed by atoms with Crippen LogP contribution in [-0.4, -0.2) is 39.5 Å². The summed E-state index contributed by atoms with van der Waals surface area (Å²) in [5, 5.41) is 3.30. The number of hydrogen-bond acceptors (Lipinski definition) is 3. The number of nitrogens with one attached hydrogen (secondary N) is 1. The van der Waals surface area contributed by atoms with Gasteiger partial charge in [0.15, 0.2) is 0 Å². The van der Waals surface area contributed by atoms with Gasteiger partial charge in [-0.05, 0) is 37.9 Å². The number of fused-ring (bicyclic) bond motifs is 1. The van der Waals surface area contributed by atoms with Crippen LogP contribution in [0.1, 0.15) is 36.7 Å². The van der Waals surface area contributed by atoms with Crippen molar-refractivity contribution >= 4 is 5.91 Å². The Labute approximate surface area is 142 Å². The van der Waals surface area contributed by atoms with Crippen LogP contribution in [0.15, 0.2) is 42.7 Å². The summed E-state index contributed by atoms with van der Waals surface area (Å²) in [7, 11) is 0. The van der Waals surface area contributed by atoms with E-state index in [0.717, 1.165) is 43.9 Å². The zero-order valence-electron chi connectivity index (χ0n) is 13.9. The molecule has 1 amide bonds. The summed E-state index contributed by atoms with van der Waals surface area (Å²) in [6.07, 6.45) is 8.10.